The monoisotopic (exact) mass is 465 g/mol. The second kappa shape index (κ2) is 9.18. The molecule has 5 rings (SSSR count). The molecule has 1 aromatic carbocycles. The highest BCUT2D eigenvalue weighted by Gasteiger charge is 2.25. The molecular formula is C26H29F2N5O. The Morgan fingerprint density at radius 1 is 1.18 bits per heavy atom. The molecule has 0 spiro atoms. The van der Waals surface area contributed by atoms with Gasteiger partial charge in [-0.05, 0) is 68.2 Å². The van der Waals surface area contributed by atoms with Gasteiger partial charge in [0.15, 0.2) is 0 Å². The number of aromatic nitrogens is 3. The normalized spacial score (nSPS) is 15.3. The summed E-state index contributed by atoms with van der Waals surface area (Å²) in [5.74, 6) is 0.467. The molecule has 6 nitrogen and oxygen atoms in total. The molecule has 1 aliphatic heterocycles. The zero-order chi connectivity index (χ0) is 23.8. The summed E-state index contributed by atoms with van der Waals surface area (Å²) in [5.41, 5.74) is 4.99. The van der Waals surface area contributed by atoms with Crippen LogP contribution in [0.3, 0.4) is 0 Å². The molecule has 34 heavy (non-hydrogen) atoms. The minimum atomic E-state index is -2.44. The maximum atomic E-state index is 13.6. The fourth-order valence-electron chi connectivity index (χ4n) is 5.03. The molecule has 4 heterocycles. The maximum absolute atomic E-state index is 13.6. The van der Waals surface area contributed by atoms with Crippen molar-refractivity contribution in [2.24, 2.45) is 0 Å². The van der Waals surface area contributed by atoms with Crippen molar-refractivity contribution in [3.05, 3.63) is 60.0 Å². The van der Waals surface area contributed by atoms with Crippen LogP contribution in [0.4, 0.5) is 8.78 Å². The summed E-state index contributed by atoms with van der Waals surface area (Å²) in [5, 5.41) is 0.849. The Morgan fingerprint density at radius 3 is 2.71 bits per heavy atom. The van der Waals surface area contributed by atoms with Crippen LogP contribution in [0.15, 0.2) is 48.9 Å². The summed E-state index contributed by atoms with van der Waals surface area (Å²) in [7, 11) is 3.80. The number of imidazole rings is 1. The van der Waals surface area contributed by atoms with Crippen LogP contribution < -0.4 is 0 Å². The second-order valence-electron chi connectivity index (χ2n) is 9.38. The molecule has 0 unspecified atom stereocenters. The molecule has 8 heteroatoms. The third kappa shape index (κ3) is 4.42. The van der Waals surface area contributed by atoms with E-state index in [0.29, 0.717) is 18.0 Å². The number of hydrogen-bond acceptors (Lipinski definition) is 3. The van der Waals surface area contributed by atoms with E-state index in [-0.39, 0.29) is 12.3 Å². The minimum Gasteiger partial charge on any atom is -0.354 e. The van der Waals surface area contributed by atoms with E-state index in [4.69, 9.17) is 0 Å². The lowest BCUT2D eigenvalue weighted by Gasteiger charge is -2.33. The smallest absolute Gasteiger partial charge is 0.242 e. The van der Waals surface area contributed by atoms with E-state index < -0.39 is 6.43 Å². The van der Waals surface area contributed by atoms with Gasteiger partial charge < -0.3 is 19.2 Å². The van der Waals surface area contributed by atoms with Crippen LogP contribution in [0.1, 0.15) is 29.9 Å². The molecule has 4 aromatic rings. The third-order valence-corrected chi connectivity index (χ3v) is 6.75. The highest BCUT2D eigenvalue weighted by atomic mass is 19.3. The Kier molecular flexibility index (Phi) is 6.08. The number of piperidine rings is 1. The largest absolute Gasteiger partial charge is 0.354 e. The van der Waals surface area contributed by atoms with Gasteiger partial charge in [0.05, 0.1) is 12.2 Å². The van der Waals surface area contributed by atoms with Crippen molar-refractivity contribution < 1.29 is 13.6 Å². The lowest BCUT2D eigenvalue weighted by Crippen LogP contribution is -2.42. The summed E-state index contributed by atoms with van der Waals surface area (Å²) in [4.78, 5) is 23.9. The quantitative estimate of drug-likeness (QED) is 0.454. The van der Waals surface area contributed by atoms with Crippen molar-refractivity contribution in [2.75, 3.05) is 33.7 Å². The lowest BCUT2D eigenvalue weighted by molar-refractivity contribution is -0.132. The van der Waals surface area contributed by atoms with Gasteiger partial charge in [-0.1, -0.05) is 6.07 Å². The Bertz CT molecular complexity index is 1320. The number of aromatic amines is 1. The molecule has 1 fully saturated rings. The number of H-pyrrole nitrogens is 1. The number of hydrogen-bond donors (Lipinski definition) is 1. The van der Waals surface area contributed by atoms with Gasteiger partial charge in [0.25, 0.3) is 0 Å². The second-order valence-corrected chi connectivity index (χ2v) is 9.38. The molecule has 1 aliphatic rings. The minimum absolute atomic E-state index is 0.155. The van der Waals surface area contributed by atoms with Gasteiger partial charge in [0.2, 0.25) is 12.3 Å². The number of carbonyl (C=O) groups excluding carboxylic acids is 1. The van der Waals surface area contributed by atoms with E-state index in [9.17, 15) is 13.6 Å². The number of pyridine rings is 1. The zero-order valence-electron chi connectivity index (χ0n) is 19.5. The highest BCUT2D eigenvalue weighted by Crippen LogP contribution is 2.36. The zero-order valence-corrected chi connectivity index (χ0v) is 19.5. The fraction of sp³-hybridized carbons (Fsp3) is 0.385. The van der Waals surface area contributed by atoms with Crippen molar-refractivity contribution in [3.8, 4) is 11.3 Å². The average molecular weight is 466 g/mol. The summed E-state index contributed by atoms with van der Waals surface area (Å²) in [6.45, 7) is 1.87. The first-order valence-corrected chi connectivity index (χ1v) is 11.7. The van der Waals surface area contributed by atoms with Gasteiger partial charge in [0, 0.05) is 54.6 Å². The van der Waals surface area contributed by atoms with Gasteiger partial charge in [-0.15, -0.1) is 0 Å². The third-order valence-electron chi connectivity index (χ3n) is 6.75. The molecule has 0 saturated carbocycles. The number of fused-ring (bicyclic) bond motifs is 2. The van der Waals surface area contributed by atoms with Crippen molar-refractivity contribution in [3.63, 3.8) is 0 Å². The van der Waals surface area contributed by atoms with Crippen LogP contribution in [-0.4, -0.2) is 70.2 Å². The molecule has 1 N–H and O–H groups in total. The molecule has 0 aliphatic carbocycles. The number of nitrogens with one attached hydrogen (secondary N) is 1. The Hall–Kier alpha value is -3.26. The number of carbonyl (C=O) groups is 1. The van der Waals surface area contributed by atoms with Gasteiger partial charge in [-0.3, -0.25) is 4.79 Å². The molecule has 1 amide bonds. The number of alkyl halides is 2. The van der Waals surface area contributed by atoms with Gasteiger partial charge in [0.1, 0.15) is 5.65 Å². The van der Waals surface area contributed by atoms with E-state index in [1.54, 1.807) is 6.20 Å². The van der Waals surface area contributed by atoms with E-state index >= 15 is 0 Å². The number of amides is 1. The summed E-state index contributed by atoms with van der Waals surface area (Å²) < 4.78 is 29.1. The number of rotatable bonds is 6. The van der Waals surface area contributed by atoms with E-state index in [2.05, 4.69) is 22.1 Å². The molecule has 3 aromatic heterocycles. The van der Waals surface area contributed by atoms with Crippen LogP contribution in [-0.2, 0) is 11.2 Å². The van der Waals surface area contributed by atoms with Crippen LogP contribution in [0.5, 0.6) is 0 Å². The fourth-order valence-corrected chi connectivity index (χ4v) is 5.03. The van der Waals surface area contributed by atoms with Crippen molar-refractivity contribution in [1.29, 1.82) is 0 Å². The molecular weight excluding hydrogens is 436 g/mol. The van der Waals surface area contributed by atoms with E-state index in [1.807, 2.05) is 58.9 Å². The van der Waals surface area contributed by atoms with Gasteiger partial charge in [-0.2, -0.15) is 0 Å². The number of likely N-dealkylation sites (N-methyl/N-ethyl adjacent to an activating group) is 1. The molecule has 1 saturated heterocycles. The Balaban J connectivity index is 1.45. The standard InChI is InChI=1S/C26H29F2N5O/c1-31(2)16-25(34)33-10-5-17(6-11-33)18-3-4-22-20(13-18)21(15-23(27)28)26(30-22)19-7-9-32-12-8-29-24(32)14-19/h3-4,7-9,12-14,17,23,30H,5-6,10-11,15-16H2,1-2H3. The first-order chi connectivity index (χ1) is 16.4. The summed E-state index contributed by atoms with van der Waals surface area (Å²) in [6.07, 6.45) is 4.47. The molecule has 0 radical (unpaired) electrons. The highest BCUT2D eigenvalue weighted by molar-refractivity contribution is 5.91. The predicted molar refractivity (Wildman–Crippen MR) is 129 cm³/mol. The summed E-state index contributed by atoms with van der Waals surface area (Å²) in [6, 6.07) is 10.0. The Morgan fingerprint density at radius 2 is 1.97 bits per heavy atom. The van der Waals surface area contributed by atoms with Crippen molar-refractivity contribution in [1.82, 2.24) is 24.2 Å². The van der Waals surface area contributed by atoms with Crippen LogP contribution >= 0.6 is 0 Å². The van der Waals surface area contributed by atoms with Crippen LogP contribution in [0.2, 0.25) is 0 Å². The Labute approximate surface area is 197 Å². The maximum Gasteiger partial charge on any atom is 0.242 e. The number of benzene rings is 1. The van der Waals surface area contributed by atoms with Gasteiger partial charge >= 0.3 is 0 Å². The first-order valence-electron chi connectivity index (χ1n) is 11.7. The first kappa shape index (κ1) is 22.5. The predicted octanol–water partition coefficient (Wildman–Crippen LogP) is 4.56. The average Bonchev–Trinajstić information content (AvgIpc) is 3.42. The van der Waals surface area contributed by atoms with E-state index in [0.717, 1.165) is 59.3 Å². The lowest BCUT2D eigenvalue weighted by atomic mass is 9.88. The van der Waals surface area contributed by atoms with Crippen LogP contribution in [0, 0.1) is 0 Å². The SMILES string of the molecule is CN(C)CC(=O)N1CCC(c2ccc3[nH]c(-c4ccn5ccnc5c4)c(CC(F)F)c3c2)CC1. The van der Waals surface area contributed by atoms with Gasteiger partial charge in [-0.25, -0.2) is 13.8 Å². The van der Waals surface area contributed by atoms with E-state index in [1.165, 1.54) is 0 Å². The topological polar surface area (TPSA) is 56.6 Å². The van der Waals surface area contributed by atoms with Crippen LogP contribution in [0.25, 0.3) is 27.8 Å². The summed E-state index contributed by atoms with van der Waals surface area (Å²) >= 11 is 0. The molecule has 0 bridgehead atoms. The number of halogens is 2. The molecule has 0 atom stereocenters. The number of likely N-dealkylation sites (tertiary alicyclic amines) is 1. The molecule has 178 valence electrons. The van der Waals surface area contributed by atoms with Crippen molar-refractivity contribution >= 4 is 22.5 Å². The number of nitrogens with zero attached hydrogens (tertiary/aromatic N) is 4. The van der Waals surface area contributed by atoms with Crippen molar-refractivity contribution in [2.45, 2.75) is 31.6 Å².